The fourth-order valence-electron chi connectivity index (χ4n) is 2.77. The van der Waals surface area contributed by atoms with Crippen LogP contribution >= 0.6 is 24.0 Å². The molecule has 0 saturated carbocycles. The Morgan fingerprint density at radius 1 is 1.17 bits per heavy atom. The Morgan fingerprint density at radius 3 is 2.83 bits per heavy atom. The lowest BCUT2D eigenvalue weighted by Gasteiger charge is -2.12. The number of rotatable bonds is 3. The normalized spacial score (nSPS) is 16.1. The van der Waals surface area contributed by atoms with Crippen LogP contribution in [0.1, 0.15) is 22.2 Å². The smallest absolute Gasteiger partial charge is 0.111 e. The standard InChI is InChI=1S/C18H15N3S2/c22-17(13-5-2-1-3-6-13)20-15-8-10-21-16(15)12-23-18(21)14-7-4-9-19-11-14/h1-11,18H,12H2,(H,20,22). The molecular weight excluding hydrogens is 322 g/mol. The highest BCUT2D eigenvalue weighted by Gasteiger charge is 2.26. The molecule has 0 spiro atoms. The van der Waals surface area contributed by atoms with Crippen LogP contribution in [0.15, 0.2) is 67.1 Å². The Bertz CT molecular complexity index is 828. The van der Waals surface area contributed by atoms with E-state index in [9.17, 15) is 0 Å². The number of hydrogen-bond donors (Lipinski definition) is 1. The number of benzene rings is 1. The zero-order valence-corrected chi connectivity index (χ0v) is 14.0. The Hall–Kier alpha value is -2.11. The average molecular weight is 337 g/mol. The Morgan fingerprint density at radius 2 is 2.04 bits per heavy atom. The number of hydrogen-bond acceptors (Lipinski definition) is 3. The van der Waals surface area contributed by atoms with Gasteiger partial charge in [0.1, 0.15) is 10.4 Å². The average Bonchev–Trinajstić information content (AvgIpc) is 3.19. The van der Waals surface area contributed by atoms with Crippen LogP contribution in [0.25, 0.3) is 0 Å². The molecule has 114 valence electrons. The molecular formula is C18H15N3S2. The number of nitrogens with one attached hydrogen (secondary N) is 1. The van der Waals surface area contributed by atoms with Gasteiger partial charge in [-0.3, -0.25) is 4.98 Å². The third-order valence-corrected chi connectivity index (χ3v) is 5.50. The van der Waals surface area contributed by atoms with Gasteiger partial charge in [-0.15, -0.1) is 11.8 Å². The van der Waals surface area contributed by atoms with E-state index in [1.54, 1.807) is 0 Å². The van der Waals surface area contributed by atoms with Crippen molar-refractivity contribution in [2.45, 2.75) is 11.1 Å². The molecule has 0 bridgehead atoms. The summed E-state index contributed by atoms with van der Waals surface area (Å²) < 4.78 is 2.30. The maximum Gasteiger partial charge on any atom is 0.111 e. The molecule has 2 aromatic heterocycles. The molecule has 0 saturated heterocycles. The summed E-state index contributed by atoms with van der Waals surface area (Å²) in [5.74, 6) is 0.965. The fraction of sp³-hybridized carbons (Fsp3) is 0.111. The van der Waals surface area contributed by atoms with Crippen molar-refractivity contribution in [3.8, 4) is 0 Å². The van der Waals surface area contributed by atoms with Crippen LogP contribution in [0, 0.1) is 0 Å². The van der Waals surface area contributed by atoms with Crippen LogP contribution < -0.4 is 5.32 Å². The molecule has 4 rings (SSSR count). The molecule has 1 unspecified atom stereocenters. The van der Waals surface area contributed by atoms with Crippen LogP contribution in [0.4, 0.5) is 5.69 Å². The van der Waals surface area contributed by atoms with Gasteiger partial charge in [-0.05, 0) is 12.1 Å². The van der Waals surface area contributed by atoms with Crippen LogP contribution in [-0.4, -0.2) is 14.5 Å². The minimum Gasteiger partial charge on any atom is -0.345 e. The minimum atomic E-state index is 0.291. The summed E-state index contributed by atoms with van der Waals surface area (Å²) in [5, 5.41) is 3.68. The first kappa shape index (κ1) is 14.5. The van der Waals surface area contributed by atoms with Crippen molar-refractivity contribution >= 4 is 34.7 Å². The third kappa shape index (κ3) is 2.78. The fourth-order valence-corrected chi connectivity index (χ4v) is 4.32. The summed E-state index contributed by atoms with van der Waals surface area (Å²) in [6.07, 6.45) is 5.88. The molecule has 0 amide bonds. The van der Waals surface area contributed by atoms with Crippen molar-refractivity contribution in [2.75, 3.05) is 5.32 Å². The van der Waals surface area contributed by atoms with E-state index in [0.717, 1.165) is 22.0 Å². The van der Waals surface area contributed by atoms with Gasteiger partial charge in [0, 0.05) is 35.5 Å². The predicted molar refractivity (Wildman–Crippen MR) is 99.9 cm³/mol. The molecule has 3 aromatic rings. The summed E-state index contributed by atoms with van der Waals surface area (Å²) in [7, 11) is 0. The number of thioether (sulfide) groups is 1. The van der Waals surface area contributed by atoms with Crippen molar-refractivity contribution in [2.24, 2.45) is 0 Å². The maximum atomic E-state index is 5.53. The lowest BCUT2D eigenvalue weighted by molar-refractivity contribution is 0.778. The van der Waals surface area contributed by atoms with Gasteiger partial charge in [-0.25, -0.2) is 0 Å². The van der Waals surface area contributed by atoms with Gasteiger partial charge in [0.2, 0.25) is 0 Å². The first-order chi connectivity index (χ1) is 11.3. The summed E-state index contributed by atoms with van der Waals surface area (Å²) >= 11 is 7.43. The van der Waals surface area contributed by atoms with E-state index < -0.39 is 0 Å². The van der Waals surface area contributed by atoms with Crippen molar-refractivity contribution in [1.82, 2.24) is 9.55 Å². The second-order valence-electron chi connectivity index (χ2n) is 5.35. The van der Waals surface area contributed by atoms with Crippen LogP contribution in [0.5, 0.6) is 0 Å². The van der Waals surface area contributed by atoms with Gasteiger partial charge in [0.15, 0.2) is 0 Å². The molecule has 3 nitrogen and oxygen atoms in total. The maximum absolute atomic E-state index is 5.53. The van der Waals surface area contributed by atoms with E-state index in [-0.39, 0.29) is 0 Å². The zero-order chi connectivity index (χ0) is 15.6. The topological polar surface area (TPSA) is 29.9 Å². The summed E-state index contributed by atoms with van der Waals surface area (Å²) in [5.41, 5.74) is 4.64. The molecule has 1 atom stereocenters. The van der Waals surface area contributed by atoms with Gasteiger partial charge in [-0.2, -0.15) is 0 Å². The number of pyridine rings is 1. The monoisotopic (exact) mass is 337 g/mol. The van der Waals surface area contributed by atoms with Gasteiger partial charge in [-0.1, -0.05) is 48.6 Å². The summed E-state index contributed by atoms with van der Waals surface area (Å²) in [6.45, 7) is 0. The number of fused-ring (bicyclic) bond motifs is 1. The highest BCUT2D eigenvalue weighted by atomic mass is 32.2. The lowest BCUT2D eigenvalue weighted by Crippen LogP contribution is -2.11. The van der Waals surface area contributed by atoms with Crippen molar-refractivity contribution in [3.63, 3.8) is 0 Å². The molecule has 1 N–H and O–H groups in total. The zero-order valence-electron chi connectivity index (χ0n) is 12.3. The summed E-state index contributed by atoms with van der Waals surface area (Å²) in [4.78, 5) is 4.99. The molecule has 1 aliphatic rings. The van der Waals surface area contributed by atoms with E-state index in [1.165, 1.54) is 11.3 Å². The number of nitrogens with zero attached hydrogens (tertiary/aromatic N) is 2. The molecule has 5 heteroatoms. The molecule has 1 aromatic carbocycles. The largest absolute Gasteiger partial charge is 0.345 e. The SMILES string of the molecule is S=C(Nc1ccn2c1CSC2c1cccnc1)c1ccccc1. The van der Waals surface area contributed by atoms with Crippen molar-refractivity contribution in [3.05, 3.63) is 83.9 Å². The molecule has 1 aliphatic heterocycles. The van der Waals surface area contributed by atoms with E-state index in [0.29, 0.717) is 5.37 Å². The number of anilines is 1. The van der Waals surface area contributed by atoms with E-state index in [2.05, 4.69) is 33.2 Å². The Labute approximate surface area is 144 Å². The first-order valence-electron chi connectivity index (χ1n) is 7.40. The van der Waals surface area contributed by atoms with Gasteiger partial charge in [0.25, 0.3) is 0 Å². The van der Waals surface area contributed by atoms with E-state index in [4.69, 9.17) is 12.2 Å². The molecule has 0 fully saturated rings. The third-order valence-electron chi connectivity index (χ3n) is 3.91. The van der Waals surface area contributed by atoms with E-state index >= 15 is 0 Å². The van der Waals surface area contributed by atoms with Crippen molar-refractivity contribution < 1.29 is 0 Å². The second-order valence-corrected chi connectivity index (χ2v) is 6.83. The first-order valence-corrected chi connectivity index (χ1v) is 8.86. The number of thiocarbonyl (C=S) groups is 1. The van der Waals surface area contributed by atoms with Gasteiger partial charge in [0.05, 0.1) is 11.4 Å². The highest BCUT2D eigenvalue weighted by Crippen LogP contribution is 2.43. The quantitative estimate of drug-likeness (QED) is 0.715. The van der Waals surface area contributed by atoms with Crippen molar-refractivity contribution in [1.29, 1.82) is 0 Å². The highest BCUT2D eigenvalue weighted by molar-refractivity contribution is 7.99. The van der Waals surface area contributed by atoms with Crippen LogP contribution in [0.2, 0.25) is 0 Å². The molecule has 0 aliphatic carbocycles. The second kappa shape index (κ2) is 6.18. The predicted octanol–water partition coefficient (Wildman–Crippen LogP) is 4.46. The molecule has 23 heavy (non-hydrogen) atoms. The van der Waals surface area contributed by atoms with Gasteiger partial charge >= 0.3 is 0 Å². The number of aromatic nitrogens is 2. The minimum absolute atomic E-state index is 0.291. The van der Waals surface area contributed by atoms with Crippen LogP contribution in [-0.2, 0) is 5.75 Å². The summed E-state index contributed by atoms with van der Waals surface area (Å²) in [6, 6.07) is 16.3. The lowest BCUT2D eigenvalue weighted by atomic mass is 10.2. The molecule has 0 radical (unpaired) electrons. The Kier molecular flexibility index (Phi) is 3.89. The Balaban J connectivity index is 1.59. The van der Waals surface area contributed by atoms with Crippen LogP contribution in [0.3, 0.4) is 0 Å². The molecule has 3 heterocycles. The van der Waals surface area contributed by atoms with Gasteiger partial charge < -0.3 is 9.88 Å². The van der Waals surface area contributed by atoms with E-state index in [1.807, 2.05) is 60.6 Å².